The van der Waals surface area contributed by atoms with E-state index in [0.29, 0.717) is 30.9 Å². The Balaban J connectivity index is 2.27. The molecule has 6 heteroatoms. The molecule has 0 saturated carbocycles. The summed E-state index contributed by atoms with van der Waals surface area (Å²) in [5.41, 5.74) is 4.34. The molecule has 0 aliphatic heterocycles. The molecule has 0 amide bonds. The van der Waals surface area contributed by atoms with E-state index < -0.39 is 5.97 Å². The minimum Gasteiger partial charge on any atom is -0.489 e. The summed E-state index contributed by atoms with van der Waals surface area (Å²) < 4.78 is 16.3. The van der Waals surface area contributed by atoms with Crippen LogP contribution in [0.5, 0.6) is 11.5 Å². The molecule has 1 aliphatic rings. The van der Waals surface area contributed by atoms with Crippen molar-refractivity contribution in [3.8, 4) is 23.8 Å². The maximum absolute atomic E-state index is 12.2. The maximum Gasteiger partial charge on any atom is 0.360 e. The number of esters is 1. The fourth-order valence-corrected chi connectivity index (χ4v) is 2.86. The van der Waals surface area contributed by atoms with Gasteiger partial charge in [-0.1, -0.05) is 28.3 Å². The van der Waals surface area contributed by atoms with Crippen molar-refractivity contribution < 1.29 is 23.8 Å². The Kier molecular flexibility index (Phi) is 7.70. The third-order valence-corrected chi connectivity index (χ3v) is 4.46. The highest BCUT2D eigenvalue weighted by atomic mass is 16.6. The SMILES string of the molecule is C#CCOc1cccc(OCC2=C(C(=NOC)C(=O)OC)CC(C)=C(C)C2)c1. The summed E-state index contributed by atoms with van der Waals surface area (Å²) in [6, 6.07) is 7.26. The van der Waals surface area contributed by atoms with Crippen molar-refractivity contribution in [2.45, 2.75) is 26.7 Å². The minimum absolute atomic E-state index is 0.168. The lowest BCUT2D eigenvalue weighted by molar-refractivity contribution is -0.132. The highest BCUT2D eigenvalue weighted by Gasteiger charge is 2.26. The lowest BCUT2D eigenvalue weighted by Crippen LogP contribution is -2.24. The van der Waals surface area contributed by atoms with Crippen LogP contribution in [0.15, 0.2) is 51.7 Å². The molecular formula is C22H25NO5. The molecule has 0 spiro atoms. The molecular weight excluding hydrogens is 358 g/mol. The Morgan fingerprint density at radius 3 is 2.46 bits per heavy atom. The summed E-state index contributed by atoms with van der Waals surface area (Å²) in [6.07, 6.45) is 6.50. The molecule has 1 aromatic carbocycles. The van der Waals surface area contributed by atoms with Crippen molar-refractivity contribution in [3.05, 3.63) is 46.6 Å². The number of terminal acetylenes is 1. The van der Waals surface area contributed by atoms with Gasteiger partial charge in [-0.05, 0) is 50.0 Å². The van der Waals surface area contributed by atoms with Crippen LogP contribution in [0.2, 0.25) is 0 Å². The number of benzene rings is 1. The summed E-state index contributed by atoms with van der Waals surface area (Å²) in [4.78, 5) is 17.1. The van der Waals surface area contributed by atoms with Crippen molar-refractivity contribution in [2.75, 3.05) is 27.4 Å². The van der Waals surface area contributed by atoms with Gasteiger partial charge < -0.3 is 19.0 Å². The van der Waals surface area contributed by atoms with Gasteiger partial charge in [0, 0.05) is 6.07 Å². The number of carbonyl (C=O) groups excluding carboxylic acids is 1. The average Bonchev–Trinajstić information content (AvgIpc) is 2.71. The van der Waals surface area contributed by atoms with Gasteiger partial charge in [-0.2, -0.15) is 0 Å². The third kappa shape index (κ3) is 5.40. The first-order chi connectivity index (χ1) is 13.5. The van der Waals surface area contributed by atoms with Gasteiger partial charge in [-0.3, -0.25) is 0 Å². The van der Waals surface area contributed by atoms with Crippen LogP contribution in [0.25, 0.3) is 0 Å². The van der Waals surface area contributed by atoms with Crippen molar-refractivity contribution in [1.29, 1.82) is 0 Å². The number of nitrogens with zero attached hydrogens (tertiary/aromatic N) is 1. The molecule has 2 rings (SSSR count). The number of carbonyl (C=O) groups is 1. The molecule has 0 saturated heterocycles. The number of hydrogen-bond donors (Lipinski definition) is 0. The Labute approximate surface area is 165 Å². The zero-order valence-corrected chi connectivity index (χ0v) is 16.7. The number of methoxy groups -OCH3 is 1. The van der Waals surface area contributed by atoms with Gasteiger partial charge in [0.2, 0.25) is 0 Å². The topological polar surface area (TPSA) is 66.3 Å². The summed E-state index contributed by atoms with van der Waals surface area (Å²) in [6.45, 7) is 4.61. The van der Waals surface area contributed by atoms with Crippen molar-refractivity contribution in [1.82, 2.24) is 0 Å². The molecule has 0 aromatic heterocycles. The minimum atomic E-state index is -0.536. The Hall–Kier alpha value is -3.20. The molecule has 0 radical (unpaired) electrons. The quantitative estimate of drug-likeness (QED) is 0.225. The van der Waals surface area contributed by atoms with E-state index in [4.69, 9.17) is 25.5 Å². The van der Waals surface area contributed by atoms with E-state index in [2.05, 4.69) is 18.0 Å². The van der Waals surface area contributed by atoms with Crippen LogP contribution in [0.1, 0.15) is 26.7 Å². The van der Waals surface area contributed by atoms with Gasteiger partial charge in [-0.15, -0.1) is 6.42 Å². The normalized spacial score (nSPS) is 14.5. The second-order valence-corrected chi connectivity index (χ2v) is 6.37. The first-order valence-electron chi connectivity index (χ1n) is 8.85. The van der Waals surface area contributed by atoms with Crippen LogP contribution < -0.4 is 9.47 Å². The number of allylic oxidation sites excluding steroid dienone is 2. The standard InChI is InChI=1S/C22H25NO5/c1-6-10-27-18-8-7-9-19(13-18)28-14-17-11-15(2)16(3)12-20(17)21(23-26-5)22(24)25-4/h1,7-9,13H,10-12,14H2,2-5H3. The Morgan fingerprint density at radius 1 is 1.14 bits per heavy atom. The van der Waals surface area contributed by atoms with E-state index in [9.17, 15) is 4.79 Å². The number of ether oxygens (including phenoxy) is 3. The van der Waals surface area contributed by atoms with E-state index in [-0.39, 0.29) is 12.3 Å². The van der Waals surface area contributed by atoms with Crippen molar-refractivity contribution in [3.63, 3.8) is 0 Å². The van der Waals surface area contributed by atoms with Gasteiger partial charge in [0.25, 0.3) is 0 Å². The van der Waals surface area contributed by atoms with E-state index in [1.807, 2.05) is 25.1 Å². The fourth-order valence-electron chi connectivity index (χ4n) is 2.86. The van der Waals surface area contributed by atoms with Crippen LogP contribution in [-0.4, -0.2) is 39.1 Å². The lowest BCUT2D eigenvalue weighted by atomic mass is 9.85. The molecule has 0 N–H and O–H groups in total. The lowest BCUT2D eigenvalue weighted by Gasteiger charge is -2.23. The first kappa shape index (κ1) is 21.1. The molecule has 1 aromatic rings. The second kappa shape index (κ2) is 10.2. The number of hydrogen-bond acceptors (Lipinski definition) is 6. The monoisotopic (exact) mass is 383 g/mol. The van der Waals surface area contributed by atoms with E-state index in [1.165, 1.54) is 25.4 Å². The number of rotatable bonds is 8. The first-order valence-corrected chi connectivity index (χ1v) is 8.85. The average molecular weight is 383 g/mol. The van der Waals surface area contributed by atoms with Gasteiger partial charge in [0.15, 0.2) is 5.71 Å². The van der Waals surface area contributed by atoms with Gasteiger partial charge in [0.1, 0.15) is 31.8 Å². The largest absolute Gasteiger partial charge is 0.489 e. The molecule has 0 atom stereocenters. The Morgan fingerprint density at radius 2 is 1.82 bits per heavy atom. The summed E-state index contributed by atoms with van der Waals surface area (Å²) in [5, 5.41) is 3.90. The molecule has 148 valence electrons. The molecule has 0 unspecified atom stereocenters. The van der Waals surface area contributed by atoms with Gasteiger partial charge in [-0.25, -0.2) is 4.79 Å². The van der Waals surface area contributed by atoms with Crippen LogP contribution in [-0.2, 0) is 14.4 Å². The molecule has 28 heavy (non-hydrogen) atoms. The summed E-state index contributed by atoms with van der Waals surface area (Å²) >= 11 is 0. The van der Waals surface area contributed by atoms with E-state index in [0.717, 1.165) is 11.1 Å². The zero-order valence-electron chi connectivity index (χ0n) is 16.7. The van der Waals surface area contributed by atoms with Crippen molar-refractivity contribution >= 4 is 11.7 Å². The molecule has 0 fully saturated rings. The predicted molar refractivity (Wildman–Crippen MR) is 107 cm³/mol. The fraction of sp³-hybridized carbons (Fsp3) is 0.364. The molecule has 0 heterocycles. The predicted octanol–water partition coefficient (Wildman–Crippen LogP) is 3.68. The van der Waals surface area contributed by atoms with Crippen LogP contribution >= 0.6 is 0 Å². The van der Waals surface area contributed by atoms with E-state index >= 15 is 0 Å². The van der Waals surface area contributed by atoms with Crippen LogP contribution in [0.3, 0.4) is 0 Å². The maximum atomic E-state index is 12.2. The molecule has 6 nitrogen and oxygen atoms in total. The third-order valence-electron chi connectivity index (χ3n) is 4.46. The summed E-state index contributed by atoms with van der Waals surface area (Å²) in [5.74, 6) is 3.18. The van der Waals surface area contributed by atoms with E-state index in [1.54, 1.807) is 6.07 Å². The Bertz CT molecular complexity index is 858. The van der Waals surface area contributed by atoms with Crippen LogP contribution in [0.4, 0.5) is 0 Å². The smallest absolute Gasteiger partial charge is 0.360 e. The van der Waals surface area contributed by atoms with Crippen LogP contribution in [0, 0.1) is 12.3 Å². The highest BCUT2D eigenvalue weighted by Crippen LogP contribution is 2.32. The van der Waals surface area contributed by atoms with Gasteiger partial charge in [0.05, 0.1) is 7.11 Å². The van der Waals surface area contributed by atoms with Crippen molar-refractivity contribution in [2.24, 2.45) is 5.16 Å². The molecule has 0 bridgehead atoms. The van der Waals surface area contributed by atoms with Gasteiger partial charge >= 0.3 is 5.97 Å². The summed E-state index contributed by atoms with van der Waals surface area (Å²) in [7, 11) is 2.72. The zero-order chi connectivity index (χ0) is 20.5. The molecule has 1 aliphatic carbocycles. The second-order valence-electron chi connectivity index (χ2n) is 6.37. The number of oxime groups is 1. The highest BCUT2D eigenvalue weighted by molar-refractivity contribution is 6.43.